The van der Waals surface area contributed by atoms with E-state index in [9.17, 15) is 4.79 Å². The minimum atomic E-state index is 0.367. The van der Waals surface area contributed by atoms with Crippen LogP contribution in [0.25, 0.3) is 0 Å². The Hall–Kier alpha value is -0.370. The fourth-order valence-electron chi connectivity index (χ4n) is 2.98. The van der Waals surface area contributed by atoms with Crippen LogP contribution in [0.5, 0.6) is 0 Å². The zero-order chi connectivity index (χ0) is 10.7. The summed E-state index contributed by atoms with van der Waals surface area (Å²) < 4.78 is 5.54. The van der Waals surface area contributed by atoms with Crippen molar-refractivity contribution in [1.82, 2.24) is 0 Å². The van der Waals surface area contributed by atoms with Crippen molar-refractivity contribution in [2.75, 3.05) is 6.61 Å². The Labute approximate surface area is 92.4 Å². The van der Waals surface area contributed by atoms with E-state index in [1.54, 1.807) is 0 Å². The lowest BCUT2D eigenvalue weighted by Crippen LogP contribution is -2.18. The standard InChI is InChI=1S/C13H22O2/c1-10-4-2-6-12(10)13(14)8-7-11-5-3-9-15-11/h10-12H,2-9H2,1H3. The Morgan fingerprint density at radius 1 is 1.27 bits per heavy atom. The second kappa shape index (κ2) is 5.11. The summed E-state index contributed by atoms with van der Waals surface area (Å²) in [5, 5.41) is 0. The SMILES string of the molecule is CC1CCCC1C(=O)CCC1CCCO1. The van der Waals surface area contributed by atoms with Gasteiger partial charge in [-0.05, 0) is 38.0 Å². The van der Waals surface area contributed by atoms with Crippen LogP contribution in [-0.4, -0.2) is 18.5 Å². The van der Waals surface area contributed by atoms with Gasteiger partial charge >= 0.3 is 0 Å². The molecule has 3 unspecified atom stereocenters. The monoisotopic (exact) mass is 210 g/mol. The van der Waals surface area contributed by atoms with Gasteiger partial charge in [-0.1, -0.05) is 13.3 Å². The van der Waals surface area contributed by atoms with Crippen LogP contribution in [0.4, 0.5) is 0 Å². The van der Waals surface area contributed by atoms with Crippen LogP contribution in [0.15, 0.2) is 0 Å². The highest BCUT2D eigenvalue weighted by atomic mass is 16.5. The predicted molar refractivity (Wildman–Crippen MR) is 59.7 cm³/mol. The number of ether oxygens (including phenoxy) is 1. The second-order valence-electron chi connectivity index (χ2n) is 5.15. The van der Waals surface area contributed by atoms with Gasteiger partial charge in [-0.2, -0.15) is 0 Å². The average molecular weight is 210 g/mol. The minimum absolute atomic E-state index is 0.367. The fourth-order valence-corrected chi connectivity index (χ4v) is 2.98. The third kappa shape index (κ3) is 2.81. The van der Waals surface area contributed by atoms with Crippen molar-refractivity contribution in [3.05, 3.63) is 0 Å². The zero-order valence-corrected chi connectivity index (χ0v) is 9.71. The van der Waals surface area contributed by atoms with Crippen LogP contribution >= 0.6 is 0 Å². The summed E-state index contributed by atoms with van der Waals surface area (Å²) in [7, 11) is 0. The number of hydrogen-bond acceptors (Lipinski definition) is 2. The highest BCUT2D eigenvalue weighted by molar-refractivity contribution is 5.81. The topological polar surface area (TPSA) is 26.3 Å². The highest BCUT2D eigenvalue weighted by Gasteiger charge is 2.29. The van der Waals surface area contributed by atoms with E-state index in [2.05, 4.69) is 6.92 Å². The van der Waals surface area contributed by atoms with Gasteiger partial charge in [-0.3, -0.25) is 4.79 Å². The molecule has 2 nitrogen and oxygen atoms in total. The first-order valence-corrected chi connectivity index (χ1v) is 6.41. The molecule has 2 rings (SSSR count). The molecule has 3 atom stereocenters. The first kappa shape index (κ1) is 11.1. The van der Waals surface area contributed by atoms with E-state index in [0.717, 1.165) is 32.3 Å². The third-order valence-electron chi connectivity index (χ3n) is 4.01. The Bertz CT molecular complexity index is 219. The maximum Gasteiger partial charge on any atom is 0.136 e. The molecule has 0 spiro atoms. The molecule has 15 heavy (non-hydrogen) atoms. The van der Waals surface area contributed by atoms with Crippen molar-refractivity contribution in [2.24, 2.45) is 11.8 Å². The van der Waals surface area contributed by atoms with Gasteiger partial charge in [0, 0.05) is 18.9 Å². The molecule has 2 fully saturated rings. The van der Waals surface area contributed by atoms with E-state index < -0.39 is 0 Å². The Kier molecular flexibility index (Phi) is 3.79. The van der Waals surface area contributed by atoms with Gasteiger partial charge < -0.3 is 4.74 Å². The molecule has 0 aromatic rings. The van der Waals surface area contributed by atoms with Crippen molar-refractivity contribution < 1.29 is 9.53 Å². The Balaban J connectivity index is 1.71. The van der Waals surface area contributed by atoms with E-state index in [-0.39, 0.29) is 0 Å². The van der Waals surface area contributed by atoms with Gasteiger partial charge in [-0.15, -0.1) is 0 Å². The van der Waals surface area contributed by atoms with Crippen molar-refractivity contribution in [3.63, 3.8) is 0 Å². The van der Waals surface area contributed by atoms with E-state index in [1.807, 2.05) is 0 Å². The largest absolute Gasteiger partial charge is 0.378 e. The average Bonchev–Trinajstić information content (AvgIpc) is 2.84. The summed E-state index contributed by atoms with van der Waals surface area (Å²) in [6.45, 7) is 3.13. The molecule has 0 N–H and O–H groups in total. The van der Waals surface area contributed by atoms with Gasteiger partial charge in [0.1, 0.15) is 5.78 Å². The van der Waals surface area contributed by atoms with Gasteiger partial charge in [0.25, 0.3) is 0 Å². The molecule has 1 saturated carbocycles. The molecular weight excluding hydrogens is 188 g/mol. The van der Waals surface area contributed by atoms with Gasteiger partial charge in [0.15, 0.2) is 0 Å². The summed E-state index contributed by atoms with van der Waals surface area (Å²) in [5.41, 5.74) is 0. The quantitative estimate of drug-likeness (QED) is 0.713. The maximum atomic E-state index is 12.0. The van der Waals surface area contributed by atoms with Crippen molar-refractivity contribution in [3.8, 4) is 0 Å². The van der Waals surface area contributed by atoms with Gasteiger partial charge in [0.2, 0.25) is 0 Å². The van der Waals surface area contributed by atoms with Crippen LogP contribution in [0.3, 0.4) is 0 Å². The molecular formula is C13H22O2. The van der Waals surface area contributed by atoms with Crippen LogP contribution in [0.1, 0.15) is 51.9 Å². The molecule has 0 aromatic heterocycles. The summed E-state index contributed by atoms with van der Waals surface area (Å²) in [5.74, 6) is 1.49. The first-order chi connectivity index (χ1) is 7.27. The molecule has 1 aliphatic heterocycles. The first-order valence-electron chi connectivity index (χ1n) is 6.41. The predicted octanol–water partition coefficient (Wildman–Crippen LogP) is 2.95. The van der Waals surface area contributed by atoms with Crippen molar-refractivity contribution in [2.45, 2.75) is 58.0 Å². The van der Waals surface area contributed by atoms with Gasteiger partial charge in [0.05, 0.1) is 6.10 Å². The normalized spacial score (nSPS) is 35.9. The van der Waals surface area contributed by atoms with Crippen LogP contribution in [0.2, 0.25) is 0 Å². The molecule has 0 amide bonds. The molecule has 86 valence electrons. The summed E-state index contributed by atoms with van der Waals surface area (Å²) in [4.78, 5) is 12.0. The lowest BCUT2D eigenvalue weighted by atomic mass is 9.90. The Morgan fingerprint density at radius 3 is 2.73 bits per heavy atom. The number of hydrogen-bond donors (Lipinski definition) is 0. The molecule has 1 aliphatic carbocycles. The number of Topliss-reactive ketones (excluding diaryl/α,β-unsaturated/α-hetero) is 1. The number of ketones is 1. The van der Waals surface area contributed by atoms with Gasteiger partial charge in [-0.25, -0.2) is 0 Å². The summed E-state index contributed by atoms with van der Waals surface area (Å²) in [6.07, 6.45) is 8.05. The zero-order valence-electron chi connectivity index (χ0n) is 9.71. The summed E-state index contributed by atoms with van der Waals surface area (Å²) in [6, 6.07) is 0. The molecule has 0 bridgehead atoms. The molecule has 1 saturated heterocycles. The number of carbonyl (C=O) groups excluding carboxylic acids is 1. The Morgan fingerprint density at radius 2 is 2.13 bits per heavy atom. The van der Waals surface area contributed by atoms with E-state index in [1.165, 1.54) is 19.3 Å². The van der Waals surface area contributed by atoms with E-state index in [0.29, 0.717) is 23.7 Å². The molecule has 2 heteroatoms. The molecule has 0 radical (unpaired) electrons. The molecule has 2 aliphatic rings. The van der Waals surface area contributed by atoms with E-state index in [4.69, 9.17) is 4.74 Å². The number of carbonyl (C=O) groups is 1. The highest BCUT2D eigenvalue weighted by Crippen LogP contribution is 2.33. The second-order valence-corrected chi connectivity index (χ2v) is 5.15. The van der Waals surface area contributed by atoms with E-state index >= 15 is 0 Å². The fraction of sp³-hybridized carbons (Fsp3) is 0.923. The lowest BCUT2D eigenvalue weighted by Gasteiger charge is -2.15. The van der Waals surface area contributed by atoms with Crippen molar-refractivity contribution >= 4 is 5.78 Å². The van der Waals surface area contributed by atoms with Crippen molar-refractivity contribution in [1.29, 1.82) is 0 Å². The summed E-state index contributed by atoms with van der Waals surface area (Å²) >= 11 is 0. The minimum Gasteiger partial charge on any atom is -0.378 e. The maximum absolute atomic E-state index is 12.0. The third-order valence-corrected chi connectivity index (χ3v) is 4.01. The lowest BCUT2D eigenvalue weighted by molar-refractivity contribution is -0.124. The number of rotatable bonds is 4. The van der Waals surface area contributed by atoms with Crippen LogP contribution < -0.4 is 0 Å². The molecule has 1 heterocycles. The van der Waals surface area contributed by atoms with Crippen LogP contribution in [0, 0.1) is 11.8 Å². The molecule has 0 aromatic carbocycles. The smallest absolute Gasteiger partial charge is 0.136 e. The van der Waals surface area contributed by atoms with Crippen LogP contribution in [-0.2, 0) is 9.53 Å².